The molecule has 1 unspecified atom stereocenters. The molecule has 0 aromatic rings. The van der Waals surface area contributed by atoms with Gasteiger partial charge in [0.25, 0.3) is 0 Å². The lowest BCUT2D eigenvalue weighted by molar-refractivity contribution is 0.0887. The van der Waals surface area contributed by atoms with E-state index in [0.29, 0.717) is 19.5 Å². The van der Waals surface area contributed by atoms with Crippen LogP contribution < -0.4 is 0 Å². The minimum absolute atomic E-state index is 0.116. The molecule has 0 fully saturated rings. The summed E-state index contributed by atoms with van der Waals surface area (Å²) in [5.74, 6) is 0.116. The second-order valence-electron chi connectivity index (χ2n) is 1.94. The van der Waals surface area contributed by atoms with Crippen molar-refractivity contribution in [2.24, 2.45) is 5.92 Å². The largest absolute Gasteiger partial charge is 0.396 e. The maximum absolute atomic E-state index is 8.59. The Balaban J connectivity index is 3.09. The fraction of sp³-hybridized carbons (Fsp3) is 1.00. The second kappa shape index (κ2) is 6.11. The number of aliphatic hydroxyl groups excluding tert-OH is 1. The lowest BCUT2D eigenvalue weighted by atomic mass is 9.92. The number of rotatable bonds is 5. The van der Waals surface area contributed by atoms with Crippen LogP contribution in [0.1, 0.15) is 6.92 Å². The molecule has 0 aromatic heterocycles. The zero-order valence-corrected chi connectivity index (χ0v) is 5.84. The molecule has 0 aliphatic carbocycles. The van der Waals surface area contributed by atoms with Crippen LogP contribution in [0.3, 0.4) is 0 Å². The molecule has 0 saturated carbocycles. The predicted octanol–water partition coefficient (Wildman–Crippen LogP) is 0.218. The highest BCUT2D eigenvalue weighted by Crippen LogP contribution is 1.99. The van der Waals surface area contributed by atoms with Crippen LogP contribution in [0.5, 0.6) is 0 Å². The minimum Gasteiger partial charge on any atom is -0.396 e. The third-order valence-corrected chi connectivity index (χ3v) is 1.15. The van der Waals surface area contributed by atoms with Gasteiger partial charge in [0.2, 0.25) is 0 Å². The molecule has 3 heteroatoms. The summed E-state index contributed by atoms with van der Waals surface area (Å²) in [7, 11) is 5.28. The molecule has 0 aliphatic heterocycles. The Bertz CT molecular complexity index is 55.0. The maximum atomic E-state index is 8.59. The van der Waals surface area contributed by atoms with Crippen LogP contribution in [0.15, 0.2) is 0 Å². The van der Waals surface area contributed by atoms with Crippen molar-refractivity contribution in [3.05, 3.63) is 0 Å². The highest BCUT2D eigenvalue weighted by molar-refractivity contribution is 6.08. The molecule has 0 rings (SSSR count). The van der Waals surface area contributed by atoms with Crippen LogP contribution in [-0.2, 0) is 4.74 Å². The maximum Gasteiger partial charge on any atom is 0.0659 e. The van der Waals surface area contributed by atoms with Crippen molar-refractivity contribution in [3.8, 4) is 0 Å². The Morgan fingerprint density at radius 3 is 2.67 bits per heavy atom. The van der Waals surface area contributed by atoms with Crippen molar-refractivity contribution in [1.82, 2.24) is 0 Å². The second-order valence-corrected chi connectivity index (χ2v) is 1.94. The summed E-state index contributed by atoms with van der Waals surface area (Å²) in [6, 6.07) is 0. The molecule has 1 atom stereocenters. The van der Waals surface area contributed by atoms with Gasteiger partial charge < -0.3 is 9.84 Å². The Morgan fingerprint density at radius 2 is 2.33 bits per heavy atom. The third-order valence-electron chi connectivity index (χ3n) is 1.15. The first kappa shape index (κ1) is 8.98. The Labute approximate surface area is 57.6 Å². The minimum atomic E-state index is 0.116. The molecule has 0 amide bonds. The molecular weight excluding hydrogens is 115 g/mol. The topological polar surface area (TPSA) is 29.5 Å². The number of hydrogen-bond acceptors (Lipinski definition) is 2. The predicted molar refractivity (Wildman–Crippen MR) is 37.6 cm³/mol. The van der Waals surface area contributed by atoms with Crippen LogP contribution in [0.4, 0.5) is 0 Å². The molecule has 2 radical (unpaired) electrons. The fourth-order valence-electron chi connectivity index (χ4n) is 0.480. The smallest absolute Gasteiger partial charge is 0.0659 e. The van der Waals surface area contributed by atoms with Gasteiger partial charge in [-0.25, -0.2) is 0 Å². The molecule has 0 aromatic carbocycles. The third kappa shape index (κ3) is 4.49. The number of hydrogen-bond donors (Lipinski definition) is 1. The summed E-state index contributed by atoms with van der Waals surface area (Å²) in [4.78, 5) is 0. The summed E-state index contributed by atoms with van der Waals surface area (Å²) in [5.41, 5.74) is 0. The van der Waals surface area contributed by atoms with E-state index >= 15 is 0 Å². The lowest BCUT2D eigenvalue weighted by Crippen LogP contribution is -2.12. The molecule has 0 bridgehead atoms. The van der Waals surface area contributed by atoms with Crippen molar-refractivity contribution in [2.75, 3.05) is 19.8 Å². The van der Waals surface area contributed by atoms with Gasteiger partial charge in [-0.05, 0) is 12.8 Å². The highest BCUT2D eigenvalue weighted by Gasteiger charge is 2.01. The van der Waals surface area contributed by atoms with E-state index in [9.17, 15) is 0 Å². The Hall–Kier alpha value is -0.0151. The van der Waals surface area contributed by atoms with Gasteiger partial charge >= 0.3 is 0 Å². The molecule has 1 N–H and O–H groups in total. The van der Waals surface area contributed by atoms with E-state index in [1.807, 2.05) is 6.92 Å². The summed E-state index contributed by atoms with van der Waals surface area (Å²) in [6.07, 6.45) is 0.497. The molecular formula is C6H13BO2. The van der Waals surface area contributed by atoms with Gasteiger partial charge in [0, 0.05) is 13.2 Å². The lowest BCUT2D eigenvalue weighted by Gasteiger charge is -2.09. The Kier molecular flexibility index (Phi) is 6.10. The van der Waals surface area contributed by atoms with Gasteiger partial charge in [0.1, 0.15) is 0 Å². The van der Waals surface area contributed by atoms with Gasteiger partial charge in [-0.15, -0.1) is 0 Å². The zero-order valence-electron chi connectivity index (χ0n) is 5.84. The van der Waals surface area contributed by atoms with E-state index in [0.717, 1.165) is 0 Å². The average Bonchev–Trinajstić information content (AvgIpc) is 1.91. The first-order valence-corrected chi connectivity index (χ1v) is 3.23. The summed E-state index contributed by atoms with van der Waals surface area (Å²) in [5, 5.41) is 8.59. The molecule has 2 nitrogen and oxygen atoms in total. The van der Waals surface area contributed by atoms with E-state index in [2.05, 4.69) is 0 Å². The van der Waals surface area contributed by atoms with E-state index in [1.165, 1.54) is 0 Å². The van der Waals surface area contributed by atoms with Gasteiger partial charge in [-0.2, -0.15) is 0 Å². The molecule has 52 valence electrons. The van der Waals surface area contributed by atoms with E-state index in [-0.39, 0.29) is 12.5 Å². The van der Waals surface area contributed by atoms with Gasteiger partial charge in [-0.3, -0.25) is 0 Å². The molecule has 9 heavy (non-hydrogen) atoms. The van der Waals surface area contributed by atoms with E-state index < -0.39 is 0 Å². The highest BCUT2D eigenvalue weighted by atomic mass is 16.5. The standard InChI is InChI=1S/C6H13BO2/c1-2-9-5-6(3-7)4-8/h6,8H,2-5H2,1H3. The van der Waals surface area contributed by atoms with Crippen molar-refractivity contribution in [3.63, 3.8) is 0 Å². The van der Waals surface area contributed by atoms with Crippen LogP contribution in [0, 0.1) is 5.92 Å². The van der Waals surface area contributed by atoms with Crippen LogP contribution in [-0.4, -0.2) is 32.8 Å². The van der Waals surface area contributed by atoms with Crippen LogP contribution in [0.2, 0.25) is 6.32 Å². The summed E-state index contributed by atoms with van der Waals surface area (Å²) in [6.45, 7) is 3.31. The summed E-state index contributed by atoms with van der Waals surface area (Å²) < 4.78 is 5.04. The zero-order chi connectivity index (χ0) is 7.11. The van der Waals surface area contributed by atoms with Crippen LogP contribution in [0.25, 0.3) is 0 Å². The van der Waals surface area contributed by atoms with Gasteiger partial charge in [-0.1, -0.05) is 6.32 Å². The quantitative estimate of drug-likeness (QED) is 0.536. The Morgan fingerprint density at radius 1 is 1.67 bits per heavy atom. The van der Waals surface area contributed by atoms with E-state index in [4.69, 9.17) is 17.7 Å². The summed E-state index contributed by atoms with van der Waals surface area (Å²) >= 11 is 0. The number of ether oxygens (including phenoxy) is 1. The van der Waals surface area contributed by atoms with E-state index in [1.54, 1.807) is 0 Å². The van der Waals surface area contributed by atoms with Crippen molar-refractivity contribution < 1.29 is 9.84 Å². The molecule has 0 saturated heterocycles. The number of aliphatic hydroxyl groups is 1. The average molecular weight is 128 g/mol. The van der Waals surface area contributed by atoms with Crippen LogP contribution >= 0.6 is 0 Å². The normalized spacial score (nSPS) is 13.6. The first-order chi connectivity index (χ1) is 4.35. The monoisotopic (exact) mass is 128 g/mol. The molecule has 0 spiro atoms. The SMILES string of the molecule is [B]CC(CO)COCC. The molecule has 0 heterocycles. The van der Waals surface area contributed by atoms with Crippen molar-refractivity contribution in [1.29, 1.82) is 0 Å². The fourth-order valence-corrected chi connectivity index (χ4v) is 0.480. The molecule has 0 aliphatic rings. The van der Waals surface area contributed by atoms with Crippen molar-refractivity contribution >= 4 is 7.85 Å². The van der Waals surface area contributed by atoms with Crippen molar-refractivity contribution in [2.45, 2.75) is 13.2 Å². The van der Waals surface area contributed by atoms with Gasteiger partial charge in [0.15, 0.2) is 0 Å². The van der Waals surface area contributed by atoms with Gasteiger partial charge in [0.05, 0.1) is 14.5 Å². The first-order valence-electron chi connectivity index (χ1n) is 3.23.